The summed E-state index contributed by atoms with van der Waals surface area (Å²) in [6.07, 6.45) is 0. The minimum absolute atomic E-state index is 0.0394. The van der Waals surface area contributed by atoms with Crippen molar-refractivity contribution in [3.05, 3.63) is 78.4 Å². The summed E-state index contributed by atoms with van der Waals surface area (Å²) in [5.41, 5.74) is -1.07. The molecule has 0 aliphatic rings. The van der Waals surface area contributed by atoms with Crippen molar-refractivity contribution in [1.29, 1.82) is 0 Å². The van der Waals surface area contributed by atoms with E-state index in [4.69, 9.17) is 0 Å². The first-order chi connectivity index (χ1) is 13.7. The Morgan fingerprint density at radius 1 is 0.828 bits per heavy atom. The summed E-state index contributed by atoms with van der Waals surface area (Å²) >= 11 is 0.952. The largest absolute Gasteiger partial charge is 0.296 e. The summed E-state index contributed by atoms with van der Waals surface area (Å²) in [7, 11) is 0. The molecule has 0 unspecified atom stereocenters. The first kappa shape index (κ1) is 19.4. The van der Waals surface area contributed by atoms with E-state index in [0.29, 0.717) is 10.6 Å². The number of aromatic nitrogens is 2. The quantitative estimate of drug-likeness (QED) is 0.465. The van der Waals surface area contributed by atoms with Crippen LogP contribution in [-0.2, 0) is 0 Å². The molecular formula is C15H8N6O7S. The highest BCUT2D eigenvalue weighted by Gasteiger charge is 2.21. The first-order valence-electron chi connectivity index (χ1n) is 7.58. The molecule has 0 fully saturated rings. The van der Waals surface area contributed by atoms with Gasteiger partial charge in [0.25, 0.3) is 23.0 Å². The molecule has 3 aromatic rings. The molecule has 0 bridgehead atoms. The highest BCUT2D eigenvalue weighted by atomic mass is 32.1. The van der Waals surface area contributed by atoms with Crippen molar-refractivity contribution in [2.45, 2.75) is 0 Å². The van der Waals surface area contributed by atoms with E-state index < -0.39 is 32.1 Å². The van der Waals surface area contributed by atoms with Gasteiger partial charge < -0.3 is 0 Å². The summed E-state index contributed by atoms with van der Waals surface area (Å²) in [6.45, 7) is 0. The second-order valence-corrected chi connectivity index (χ2v) is 6.40. The molecule has 29 heavy (non-hydrogen) atoms. The fourth-order valence-corrected chi connectivity index (χ4v) is 2.97. The number of nitro groups is 3. The minimum Gasteiger partial charge on any atom is -0.296 e. The number of nitro benzene ring substituents is 3. The number of anilines is 1. The second kappa shape index (κ2) is 7.73. The molecule has 14 heteroatoms. The summed E-state index contributed by atoms with van der Waals surface area (Å²) in [6, 6.07) is 8.06. The number of nitrogens with zero attached hydrogens (tertiary/aromatic N) is 5. The van der Waals surface area contributed by atoms with Crippen molar-refractivity contribution >= 4 is 39.4 Å². The predicted molar refractivity (Wildman–Crippen MR) is 99.7 cm³/mol. The van der Waals surface area contributed by atoms with Crippen LogP contribution in [0.15, 0.2) is 42.5 Å². The Balaban J connectivity index is 1.82. The van der Waals surface area contributed by atoms with E-state index in [2.05, 4.69) is 15.5 Å². The number of nitrogens with one attached hydrogen (secondary N) is 1. The zero-order chi connectivity index (χ0) is 21.1. The van der Waals surface area contributed by atoms with Gasteiger partial charge in [0, 0.05) is 29.8 Å². The molecule has 0 aliphatic carbocycles. The fraction of sp³-hybridized carbons (Fsp3) is 0. The van der Waals surface area contributed by atoms with Crippen molar-refractivity contribution in [2.75, 3.05) is 5.32 Å². The van der Waals surface area contributed by atoms with Crippen LogP contribution < -0.4 is 5.32 Å². The Labute approximate surface area is 164 Å². The van der Waals surface area contributed by atoms with Crippen molar-refractivity contribution in [3.8, 4) is 10.6 Å². The van der Waals surface area contributed by atoms with Crippen LogP contribution in [0.3, 0.4) is 0 Å². The Morgan fingerprint density at radius 2 is 1.38 bits per heavy atom. The van der Waals surface area contributed by atoms with E-state index in [1.165, 1.54) is 24.3 Å². The lowest BCUT2D eigenvalue weighted by atomic mass is 10.1. The van der Waals surface area contributed by atoms with E-state index in [1.807, 2.05) is 0 Å². The van der Waals surface area contributed by atoms with Gasteiger partial charge in [0.1, 0.15) is 5.01 Å². The smallest absolute Gasteiger partial charge is 0.277 e. The fourth-order valence-electron chi connectivity index (χ4n) is 2.22. The van der Waals surface area contributed by atoms with Crippen LogP contribution in [0, 0.1) is 30.3 Å². The van der Waals surface area contributed by atoms with Crippen LogP contribution in [0.4, 0.5) is 22.2 Å². The van der Waals surface area contributed by atoms with Gasteiger partial charge in [-0.05, 0) is 12.1 Å². The third-order valence-electron chi connectivity index (χ3n) is 3.56. The lowest BCUT2D eigenvalue weighted by molar-refractivity contribution is -0.394. The van der Waals surface area contributed by atoms with Crippen molar-refractivity contribution in [2.24, 2.45) is 0 Å². The number of carbonyl (C=O) groups is 1. The maximum Gasteiger partial charge on any atom is 0.277 e. The van der Waals surface area contributed by atoms with E-state index in [0.717, 1.165) is 29.5 Å². The number of benzene rings is 2. The van der Waals surface area contributed by atoms with Gasteiger partial charge in [-0.25, -0.2) is 0 Å². The summed E-state index contributed by atoms with van der Waals surface area (Å²) < 4.78 is 0. The normalized spacial score (nSPS) is 10.3. The molecule has 1 N–H and O–H groups in total. The van der Waals surface area contributed by atoms with Crippen LogP contribution in [0.5, 0.6) is 0 Å². The Kier molecular flexibility index (Phi) is 5.18. The number of carbonyl (C=O) groups excluding carboxylic acids is 1. The third-order valence-corrected chi connectivity index (χ3v) is 4.44. The highest BCUT2D eigenvalue weighted by molar-refractivity contribution is 7.18. The Morgan fingerprint density at radius 3 is 1.90 bits per heavy atom. The first-order valence-corrected chi connectivity index (χ1v) is 8.40. The number of rotatable bonds is 6. The SMILES string of the molecule is O=C(Nc1nnc(-c2ccc([N+](=O)[O-])cc2)s1)c1cc([N+](=O)[O-])cc([N+](=O)[O-])c1. The molecule has 3 rings (SSSR count). The summed E-state index contributed by atoms with van der Waals surface area (Å²) in [5.74, 6) is -0.844. The van der Waals surface area contributed by atoms with Crippen molar-refractivity contribution in [1.82, 2.24) is 10.2 Å². The Bertz CT molecular complexity index is 1110. The van der Waals surface area contributed by atoms with Crippen LogP contribution in [0.2, 0.25) is 0 Å². The molecule has 1 aromatic heterocycles. The molecule has 1 heterocycles. The molecular weight excluding hydrogens is 408 g/mol. The van der Waals surface area contributed by atoms with Gasteiger partial charge in [-0.15, -0.1) is 10.2 Å². The van der Waals surface area contributed by atoms with Gasteiger partial charge in [0.15, 0.2) is 0 Å². The number of hydrogen-bond acceptors (Lipinski definition) is 10. The summed E-state index contributed by atoms with van der Waals surface area (Å²) in [5, 5.41) is 42.9. The van der Waals surface area contributed by atoms with Gasteiger partial charge in [0.2, 0.25) is 5.13 Å². The van der Waals surface area contributed by atoms with E-state index >= 15 is 0 Å². The third kappa shape index (κ3) is 4.33. The molecule has 146 valence electrons. The second-order valence-electron chi connectivity index (χ2n) is 5.42. The average Bonchev–Trinajstić information content (AvgIpc) is 3.16. The van der Waals surface area contributed by atoms with Crippen molar-refractivity contribution in [3.63, 3.8) is 0 Å². The van der Waals surface area contributed by atoms with Crippen LogP contribution >= 0.6 is 11.3 Å². The number of non-ortho nitro benzene ring substituents is 3. The van der Waals surface area contributed by atoms with Gasteiger partial charge in [-0.3, -0.25) is 40.5 Å². The molecule has 0 atom stereocenters. The molecule has 0 saturated carbocycles. The van der Waals surface area contributed by atoms with Gasteiger partial charge in [-0.1, -0.05) is 11.3 Å². The van der Waals surface area contributed by atoms with Crippen molar-refractivity contribution < 1.29 is 19.6 Å². The zero-order valence-electron chi connectivity index (χ0n) is 14.0. The minimum atomic E-state index is -0.846. The van der Waals surface area contributed by atoms with Crippen LogP contribution in [0.1, 0.15) is 10.4 Å². The molecule has 0 radical (unpaired) electrons. The highest BCUT2D eigenvalue weighted by Crippen LogP contribution is 2.29. The average molecular weight is 416 g/mol. The van der Waals surface area contributed by atoms with Gasteiger partial charge in [-0.2, -0.15) is 0 Å². The maximum absolute atomic E-state index is 12.3. The molecule has 1 amide bonds. The number of amides is 1. The molecule has 0 aliphatic heterocycles. The zero-order valence-corrected chi connectivity index (χ0v) is 14.9. The lowest BCUT2D eigenvalue weighted by Gasteiger charge is -2.01. The Hall–Kier alpha value is -4.33. The molecule has 0 spiro atoms. The van der Waals surface area contributed by atoms with E-state index in [-0.39, 0.29) is 16.4 Å². The molecule has 2 aromatic carbocycles. The van der Waals surface area contributed by atoms with Gasteiger partial charge in [0.05, 0.1) is 26.4 Å². The topological polar surface area (TPSA) is 184 Å². The molecule has 13 nitrogen and oxygen atoms in total. The van der Waals surface area contributed by atoms with Gasteiger partial charge >= 0.3 is 0 Å². The predicted octanol–water partition coefficient (Wildman–Crippen LogP) is 3.18. The standard InChI is InChI=1S/C15H8N6O7S/c22-13(9-5-11(20(25)26)7-12(6-9)21(27)28)16-15-18-17-14(29-15)8-1-3-10(4-2-8)19(23)24/h1-7H,(H,16,18,22). The van der Waals surface area contributed by atoms with Crippen LogP contribution in [-0.4, -0.2) is 30.9 Å². The van der Waals surface area contributed by atoms with Crippen LogP contribution in [0.25, 0.3) is 10.6 Å². The van der Waals surface area contributed by atoms with E-state index in [9.17, 15) is 35.1 Å². The number of hydrogen-bond donors (Lipinski definition) is 1. The lowest BCUT2D eigenvalue weighted by Crippen LogP contribution is -2.12. The maximum atomic E-state index is 12.3. The summed E-state index contributed by atoms with van der Waals surface area (Å²) in [4.78, 5) is 42.6. The molecule has 0 saturated heterocycles. The van der Waals surface area contributed by atoms with E-state index in [1.54, 1.807) is 0 Å². The monoisotopic (exact) mass is 416 g/mol.